The topological polar surface area (TPSA) is 75.2 Å². The summed E-state index contributed by atoms with van der Waals surface area (Å²) in [5.74, 6) is 0.709. The molecule has 0 unspecified atom stereocenters. The molecule has 5 nitrogen and oxygen atoms in total. The molecule has 0 aliphatic rings. The summed E-state index contributed by atoms with van der Waals surface area (Å²) in [5.41, 5.74) is 0.00643. The highest BCUT2D eigenvalue weighted by molar-refractivity contribution is 5.67. The van der Waals surface area contributed by atoms with Crippen LogP contribution in [-0.2, 0) is 5.60 Å². The van der Waals surface area contributed by atoms with Crippen molar-refractivity contribution >= 4 is 0 Å². The van der Waals surface area contributed by atoms with Gasteiger partial charge in [0, 0.05) is 5.56 Å². The quantitative estimate of drug-likeness (QED) is 0.886. The molecule has 0 saturated carbocycles. The highest BCUT2D eigenvalue weighted by Gasteiger charge is 2.21. The van der Waals surface area contributed by atoms with Crippen LogP contribution in [0.5, 0.6) is 5.75 Å². The molecule has 112 valence electrons. The number of nitrogens with zero attached hydrogens (tertiary/aromatic N) is 1. The van der Waals surface area contributed by atoms with Gasteiger partial charge in [-0.2, -0.15) is 5.10 Å². The lowest BCUT2D eigenvalue weighted by atomic mass is 9.98. The van der Waals surface area contributed by atoms with Gasteiger partial charge < -0.3 is 9.84 Å². The first-order valence-electron chi connectivity index (χ1n) is 6.98. The molecule has 0 spiro atoms. The number of H-pyrrole nitrogens is 1. The Labute approximate surface area is 123 Å². The molecule has 0 aliphatic heterocycles. The second kappa shape index (κ2) is 6.10. The molecular weight excluding hydrogens is 268 g/mol. The summed E-state index contributed by atoms with van der Waals surface area (Å²) in [5, 5.41) is 16.6. The minimum absolute atomic E-state index is 0.276. The number of hydrogen-bond donors (Lipinski definition) is 2. The second-order valence-electron chi connectivity index (χ2n) is 5.40. The molecule has 1 aromatic carbocycles. The van der Waals surface area contributed by atoms with Crippen LogP contribution in [0.15, 0.2) is 35.1 Å². The molecule has 0 radical (unpaired) electrons. The van der Waals surface area contributed by atoms with E-state index in [4.69, 9.17) is 4.74 Å². The number of hydrogen-bond acceptors (Lipinski definition) is 4. The van der Waals surface area contributed by atoms with Crippen molar-refractivity contribution in [2.24, 2.45) is 0 Å². The predicted octanol–water partition coefficient (Wildman–Crippen LogP) is 2.45. The van der Waals surface area contributed by atoms with Crippen molar-refractivity contribution in [3.05, 3.63) is 46.2 Å². The van der Waals surface area contributed by atoms with E-state index in [-0.39, 0.29) is 5.56 Å². The Morgan fingerprint density at radius 2 is 2.05 bits per heavy atom. The molecule has 2 N–H and O–H groups in total. The van der Waals surface area contributed by atoms with E-state index in [0.29, 0.717) is 18.1 Å². The SMILES string of the molecule is CCCOc1ccccc1-c1cc(C(C)(C)O)c(=O)[nH]n1. The molecule has 0 fully saturated rings. The summed E-state index contributed by atoms with van der Waals surface area (Å²) in [7, 11) is 0. The maximum atomic E-state index is 11.8. The summed E-state index contributed by atoms with van der Waals surface area (Å²) < 4.78 is 5.70. The fraction of sp³-hybridized carbons (Fsp3) is 0.375. The van der Waals surface area contributed by atoms with E-state index < -0.39 is 11.2 Å². The van der Waals surface area contributed by atoms with E-state index in [0.717, 1.165) is 12.0 Å². The van der Waals surface area contributed by atoms with Gasteiger partial charge in [0.25, 0.3) is 5.56 Å². The van der Waals surface area contributed by atoms with Gasteiger partial charge >= 0.3 is 0 Å². The number of aromatic nitrogens is 2. The van der Waals surface area contributed by atoms with Crippen LogP contribution >= 0.6 is 0 Å². The van der Waals surface area contributed by atoms with E-state index in [1.807, 2.05) is 31.2 Å². The second-order valence-corrected chi connectivity index (χ2v) is 5.40. The van der Waals surface area contributed by atoms with Crippen LogP contribution in [0.4, 0.5) is 0 Å². The predicted molar refractivity (Wildman–Crippen MR) is 81.3 cm³/mol. The van der Waals surface area contributed by atoms with Crippen LogP contribution in [0.25, 0.3) is 11.3 Å². The van der Waals surface area contributed by atoms with Crippen molar-refractivity contribution in [1.82, 2.24) is 10.2 Å². The highest BCUT2D eigenvalue weighted by Crippen LogP contribution is 2.29. The fourth-order valence-corrected chi connectivity index (χ4v) is 2.01. The lowest BCUT2D eigenvalue weighted by molar-refractivity contribution is 0.0769. The third-order valence-corrected chi connectivity index (χ3v) is 3.09. The lowest BCUT2D eigenvalue weighted by Gasteiger charge is -2.17. The van der Waals surface area contributed by atoms with Gasteiger partial charge in [0.1, 0.15) is 5.75 Å². The van der Waals surface area contributed by atoms with Gasteiger partial charge in [-0.05, 0) is 38.5 Å². The number of ether oxygens (including phenoxy) is 1. The highest BCUT2D eigenvalue weighted by atomic mass is 16.5. The van der Waals surface area contributed by atoms with Gasteiger partial charge in [-0.15, -0.1) is 0 Å². The zero-order valence-corrected chi connectivity index (χ0v) is 12.5. The van der Waals surface area contributed by atoms with Crippen LogP contribution in [0.2, 0.25) is 0 Å². The van der Waals surface area contributed by atoms with Gasteiger partial charge in [0.15, 0.2) is 0 Å². The van der Waals surface area contributed by atoms with Gasteiger partial charge in [0.05, 0.1) is 23.5 Å². The molecule has 0 aliphatic carbocycles. The van der Waals surface area contributed by atoms with E-state index in [9.17, 15) is 9.90 Å². The Morgan fingerprint density at radius 3 is 2.71 bits per heavy atom. The number of nitrogens with one attached hydrogen (secondary N) is 1. The molecule has 0 saturated heterocycles. The van der Waals surface area contributed by atoms with Crippen molar-refractivity contribution in [2.45, 2.75) is 32.8 Å². The Bertz CT molecular complexity index is 672. The van der Waals surface area contributed by atoms with E-state index in [1.165, 1.54) is 0 Å². The summed E-state index contributed by atoms with van der Waals surface area (Å²) in [4.78, 5) is 11.8. The van der Waals surface area contributed by atoms with Crippen LogP contribution in [0.1, 0.15) is 32.8 Å². The average molecular weight is 288 g/mol. The van der Waals surface area contributed by atoms with Crippen LogP contribution in [0, 0.1) is 0 Å². The third kappa shape index (κ3) is 3.49. The first-order chi connectivity index (χ1) is 9.93. The lowest BCUT2D eigenvalue weighted by Crippen LogP contribution is -2.27. The average Bonchev–Trinajstić information content (AvgIpc) is 2.45. The standard InChI is InChI=1S/C16H20N2O3/c1-4-9-21-14-8-6-5-7-11(14)13-10-12(16(2,3)20)15(19)18-17-13/h5-8,10,20H,4,9H2,1-3H3,(H,18,19). The number of rotatable bonds is 5. The minimum atomic E-state index is -1.23. The molecule has 0 amide bonds. The minimum Gasteiger partial charge on any atom is -0.493 e. The van der Waals surface area contributed by atoms with Crippen molar-refractivity contribution in [3.63, 3.8) is 0 Å². The number of aliphatic hydroxyl groups is 1. The van der Waals surface area contributed by atoms with Gasteiger partial charge in [0.2, 0.25) is 0 Å². The normalized spacial score (nSPS) is 11.4. The van der Waals surface area contributed by atoms with E-state index in [2.05, 4.69) is 10.2 Å². The maximum Gasteiger partial charge on any atom is 0.270 e. The summed E-state index contributed by atoms with van der Waals surface area (Å²) in [6.07, 6.45) is 0.905. The molecule has 1 aromatic heterocycles. The first kappa shape index (κ1) is 15.3. The monoisotopic (exact) mass is 288 g/mol. The van der Waals surface area contributed by atoms with Gasteiger partial charge in [-0.25, -0.2) is 5.10 Å². The van der Waals surface area contributed by atoms with Crippen molar-refractivity contribution in [3.8, 4) is 17.0 Å². The number of benzene rings is 1. The first-order valence-corrected chi connectivity index (χ1v) is 6.98. The van der Waals surface area contributed by atoms with Gasteiger partial charge in [-0.1, -0.05) is 19.1 Å². The van der Waals surface area contributed by atoms with Crippen molar-refractivity contribution in [2.75, 3.05) is 6.61 Å². The molecule has 0 atom stereocenters. The number of aromatic amines is 1. The Kier molecular flexibility index (Phi) is 4.43. The maximum absolute atomic E-state index is 11.8. The molecule has 2 aromatic rings. The summed E-state index contributed by atoms with van der Waals surface area (Å²) in [6, 6.07) is 9.11. The zero-order chi connectivity index (χ0) is 15.5. The van der Waals surface area contributed by atoms with Gasteiger partial charge in [-0.3, -0.25) is 4.79 Å². The van der Waals surface area contributed by atoms with Crippen molar-refractivity contribution in [1.29, 1.82) is 0 Å². The molecular formula is C16H20N2O3. The summed E-state index contributed by atoms with van der Waals surface area (Å²) in [6.45, 7) is 5.79. The molecule has 1 heterocycles. The smallest absolute Gasteiger partial charge is 0.270 e. The largest absolute Gasteiger partial charge is 0.493 e. The van der Waals surface area contributed by atoms with Crippen LogP contribution < -0.4 is 10.3 Å². The molecule has 21 heavy (non-hydrogen) atoms. The summed E-state index contributed by atoms with van der Waals surface area (Å²) >= 11 is 0. The van der Waals surface area contributed by atoms with E-state index in [1.54, 1.807) is 19.9 Å². The molecule has 5 heteroatoms. The van der Waals surface area contributed by atoms with Crippen LogP contribution in [0.3, 0.4) is 0 Å². The Morgan fingerprint density at radius 1 is 1.33 bits per heavy atom. The number of para-hydroxylation sites is 1. The Hall–Kier alpha value is -2.14. The van der Waals surface area contributed by atoms with E-state index >= 15 is 0 Å². The fourth-order valence-electron chi connectivity index (χ4n) is 2.01. The molecule has 2 rings (SSSR count). The van der Waals surface area contributed by atoms with Crippen LogP contribution in [-0.4, -0.2) is 21.9 Å². The Balaban J connectivity index is 2.50. The zero-order valence-electron chi connectivity index (χ0n) is 12.5. The van der Waals surface area contributed by atoms with Crippen molar-refractivity contribution < 1.29 is 9.84 Å². The molecule has 0 bridgehead atoms. The third-order valence-electron chi connectivity index (χ3n) is 3.09.